The van der Waals surface area contributed by atoms with Gasteiger partial charge in [-0.25, -0.2) is 0 Å². The summed E-state index contributed by atoms with van der Waals surface area (Å²) < 4.78 is 15.8. The number of nitrogens with zero attached hydrogens (tertiary/aromatic N) is 1. The van der Waals surface area contributed by atoms with Gasteiger partial charge in [0.2, 0.25) is 0 Å². The summed E-state index contributed by atoms with van der Waals surface area (Å²) >= 11 is 6.41. The van der Waals surface area contributed by atoms with Crippen molar-refractivity contribution in [3.8, 4) is 11.5 Å². The van der Waals surface area contributed by atoms with Crippen molar-refractivity contribution in [1.29, 1.82) is 0 Å². The van der Waals surface area contributed by atoms with Gasteiger partial charge in [0.25, 0.3) is 5.91 Å². The zero-order valence-corrected chi connectivity index (χ0v) is 15.5. The van der Waals surface area contributed by atoms with Gasteiger partial charge in [0, 0.05) is 30.4 Å². The molecule has 0 aromatic heterocycles. The van der Waals surface area contributed by atoms with Crippen molar-refractivity contribution in [2.75, 3.05) is 50.7 Å². The van der Waals surface area contributed by atoms with Crippen LogP contribution in [0.15, 0.2) is 36.4 Å². The summed E-state index contributed by atoms with van der Waals surface area (Å²) in [5.41, 5.74) is 2.00. The van der Waals surface area contributed by atoms with Crippen molar-refractivity contribution < 1.29 is 19.0 Å². The summed E-state index contributed by atoms with van der Waals surface area (Å²) in [5, 5.41) is 3.44. The van der Waals surface area contributed by atoms with Gasteiger partial charge in [-0.3, -0.25) is 4.79 Å². The van der Waals surface area contributed by atoms with Gasteiger partial charge in [0.05, 0.1) is 38.1 Å². The van der Waals surface area contributed by atoms with Gasteiger partial charge in [0.15, 0.2) is 0 Å². The Kier molecular flexibility index (Phi) is 5.85. The van der Waals surface area contributed by atoms with Crippen LogP contribution in [-0.2, 0) is 4.74 Å². The molecule has 1 aliphatic heterocycles. The Morgan fingerprint density at radius 2 is 1.73 bits per heavy atom. The minimum absolute atomic E-state index is 0.266. The van der Waals surface area contributed by atoms with Crippen LogP contribution in [0.4, 0.5) is 11.4 Å². The van der Waals surface area contributed by atoms with Crippen molar-refractivity contribution >= 4 is 28.9 Å². The Labute approximate surface area is 157 Å². The maximum Gasteiger partial charge on any atom is 0.255 e. The Balaban J connectivity index is 1.76. The second-order valence-electron chi connectivity index (χ2n) is 5.82. The lowest BCUT2D eigenvalue weighted by Crippen LogP contribution is -2.36. The summed E-state index contributed by atoms with van der Waals surface area (Å²) in [5.74, 6) is 0.836. The van der Waals surface area contributed by atoms with Crippen molar-refractivity contribution in [2.24, 2.45) is 0 Å². The van der Waals surface area contributed by atoms with Crippen LogP contribution in [0.5, 0.6) is 11.5 Å². The van der Waals surface area contributed by atoms with Crippen LogP contribution in [0.2, 0.25) is 5.02 Å². The zero-order chi connectivity index (χ0) is 18.5. The molecule has 138 valence electrons. The van der Waals surface area contributed by atoms with E-state index in [1.165, 1.54) is 0 Å². The number of amides is 1. The van der Waals surface area contributed by atoms with Crippen molar-refractivity contribution in [1.82, 2.24) is 0 Å². The number of carbonyl (C=O) groups excluding carboxylic acids is 1. The van der Waals surface area contributed by atoms with Crippen LogP contribution in [0.25, 0.3) is 0 Å². The van der Waals surface area contributed by atoms with Crippen LogP contribution >= 0.6 is 11.6 Å². The molecule has 1 heterocycles. The lowest BCUT2D eigenvalue weighted by molar-refractivity contribution is 0.102. The van der Waals surface area contributed by atoms with E-state index in [9.17, 15) is 4.79 Å². The molecule has 26 heavy (non-hydrogen) atoms. The van der Waals surface area contributed by atoms with Gasteiger partial charge in [0.1, 0.15) is 11.5 Å². The number of anilines is 2. The fraction of sp³-hybridized carbons (Fsp3) is 0.316. The van der Waals surface area contributed by atoms with Crippen molar-refractivity contribution in [3.63, 3.8) is 0 Å². The average Bonchev–Trinajstić information content (AvgIpc) is 2.68. The minimum Gasteiger partial charge on any atom is -0.497 e. The minimum atomic E-state index is -0.266. The lowest BCUT2D eigenvalue weighted by Gasteiger charge is -2.29. The van der Waals surface area contributed by atoms with E-state index in [4.69, 9.17) is 25.8 Å². The molecule has 0 saturated carbocycles. The molecule has 0 atom stereocenters. The van der Waals surface area contributed by atoms with E-state index in [2.05, 4.69) is 10.2 Å². The van der Waals surface area contributed by atoms with E-state index in [-0.39, 0.29) is 5.91 Å². The molecule has 2 aromatic rings. The Morgan fingerprint density at radius 3 is 2.31 bits per heavy atom. The van der Waals surface area contributed by atoms with Crippen LogP contribution in [0, 0.1) is 0 Å². The molecule has 0 aliphatic carbocycles. The van der Waals surface area contributed by atoms with E-state index < -0.39 is 0 Å². The molecule has 1 N–H and O–H groups in total. The molecular formula is C19H21ClN2O4. The number of morpholine rings is 1. The second-order valence-corrected chi connectivity index (χ2v) is 6.23. The maximum absolute atomic E-state index is 12.6. The number of hydrogen-bond acceptors (Lipinski definition) is 5. The number of nitrogens with one attached hydrogen (secondary N) is 1. The van der Waals surface area contributed by atoms with Crippen LogP contribution in [0.1, 0.15) is 10.4 Å². The first-order valence-corrected chi connectivity index (χ1v) is 8.65. The van der Waals surface area contributed by atoms with Gasteiger partial charge in [-0.2, -0.15) is 0 Å². The lowest BCUT2D eigenvalue weighted by atomic mass is 10.1. The van der Waals surface area contributed by atoms with Crippen molar-refractivity contribution in [3.05, 3.63) is 47.0 Å². The third kappa shape index (κ3) is 4.20. The molecule has 3 rings (SSSR count). The number of halogens is 1. The van der Waals surface area contributed by atoms with Gasteiger partial charge < -0.3 is 24.4 Å². The highest BCUT2D eigenvalue weighted by Gasteiger charge is 2.15. The summed E-state index contributed by atoms with van der Waals surface area (Å²) in [6.45, 7) is 2.98. The average molecular weight is 377 g/mol. The Bertz CT molecular complexity index is 769. The number of hydrogen-bond donors (Lipinski definition) is 1. The van der Waals surface area contributed by atoms with E-state index in [1.54, 1.807) is 38.5 Å². The molecule has 1 saturated heterocycles. The predicted molar refractivity (Wildman–Crippen MR) is 102 cm³/mol. The van der Waals surface area contributed by atoms with Gasteiger partial charge in [-0.1, -0.05) is 11.6 Å². The monoisotopic (exact) mass is 376 g/mol. The molecule has 0 unspecified atom stereocenters. The normalized spacial score (nSPS) is 14.0. The number of methoxy groups -OCH3 is 2. The third-order valence-electron chi connectivity index (χ3n) is 4.17. The quantitative estimate of drug-likeness (QED) is 0.866. The van der Waals surface area contributed by atoms with E-state index in [1.807, 2.05) is 12.1 Å². The van der Waals surface area contributed by atoms with Gasteiger partial charge >= 0.3 is 0 Å². The van der Waals surface area contributed by atoms with E-state index >= 15 is 0 Å². The number of rotatable bonds is 5. The standard InChI is InChI=1S/C19H21ClN2O4/c1-24-15-9-13(10-16(12-15)25-2)19(23)21-14-3-4-18(17(20)11-14)22-5-7-26-8-6-22/h3-4,9-12H,5-8H2,1-2H3,(H,21,23). The summed E-state index contributed by atoms with van der Waals surface area (Å²) in [6, 6.07) is 10.5. The molecule has 1 amide bonds. The smallest absolute Gasteiger partial charge is 0.255 e. The predicted octanol–water partition coefficient (Wildman–Crippen LogP) is 3.45. The highest BCUT2D eigenvalue weighted by atomic mass is 35.5. The van der Waals surface area contributed by atoms with Gasteiger partial charge in [-0.05, 0) is 30.3 Å². The highest BCUT2D eigenvalue weighted by molar-refractivity contribution is 6.33. The summed E-state index contributed by atoms with van der Waals surface area (Å²) in [4.78, 5) is 14.7. The van der Waals surface area contributed by atoms with Crippen LogP contribution < -0.4 is 19.7 Å². The first-order valence-electron chi connectivity index (χ1n) is 8.27. The highest BCUT2D eigenvalue weighted by Crippen LogP contribution is 2.30. The zero-order valence-electron chi connectivity index (χ0n) is 14.8. The molecule has 6 nitrogen and oxygen atoms in total. The van der Waals surface area contributed by atoms with Crippen LogP contribution in [-0.4, -0.2) is 46.4 Å². The molecule has 0 bridgehead atoms. The molecule has 0 spiro atoms. The molecule has 2 aromatic carbocycles. The second kappa shape index (κ2) is 8.29. The Morgan fingerprint density at radius 1 is 1.08 bits per heavy atom. The molecule has 0 radical (unpaired) electrons. The molecule has 1 aliphatic rings. The van der Waals surface area contributed by atoms with Crippen molar-refractivity contribution in [2.45, 2.75) is 0 Å². The Hall–Kier alpha value is -2.44. The number of benzene rings is 2. The fourth-order valence-electron chi connectivity index (χ4n) is 2.79. The molecule has 1 fully saturated rings. The van der Waals surface area contributed by atoms with Gasteiger partial charge in [-0.15, -0.1) is 0 Å². The summed E-state index contributed by atoms with van der Waals surface area (Å²) in [7, 11) is 3.08. The van der Waals surface area contributed by atoms with Crippen LogP contribution in [0.3, 0.4) is 0 Å². The van der Waals surface area contributed by atoms with E-state index in [0.29, 0.717) is 41.0 Å². The molecular weight excluding hydrogens is 356 g/mol. The first kappa shape index (κ1) is 18.4. The SMILES string of the molecule is COc1cc(OC)cc(C(=O)Nc2ccc(N3CCOCC3)c(Cl)c2)c1. The third-order valence-corrected chi connectivity index (χ3v) is 4.47. The molecule has 7 heteroatoms. The number of carbonyl (C=O) groups is 1. The fourth-order valence-corrected chi connectivity index (χ4v) is 3.09. The summed E-state index contributed by atoms with van der Waals surface area (Å²) in [6.07, 6.45) is 0. The van der Waals surface area contributed by atoms with E-state index in [0.717, 1.165) is 18.8 Å². The maximum atomic E-state index is 12.6. The first-order chi connectivity index (χ1) is 12.6. The topological polar surface area (TPSA) is 60.0 Å². The number of ether oxygens (including phenoxy) is 3. The largest absolute Gasteiger partial charge is 0.497 e.